The molecule has 1 aromatic heterocycles. The molecule has 2 aromatic carbocycles. The summed E-state index contributed by atoms with van der Waals surface area (Å²) in [5, 5.41) is 14.2. The SMILES string of the molecule is O=C(Nc1ccc(CNC(=O)c2csnn2)cc1)Nc1ccc(Cl)c(Cl)c1. The number of rotatable bonds is 5. The van der Waals surface area contributed by atoms with Crippen LogP contribution in [0.25, 0.3) is 0 Å². The van der Waals surface area contributed by atoms with Crippen LogP contribution in [0, 0.1) is 0 Å². The molecule has 3 rings (SSSR count). The number of nitrogens with zero attached hydrogens (tertiary/aromatic N) is 2. The summed E-state index contributed by atoms with van der Waals surface area (Å²) in [5.74, 6) is -0.285. The normalized spacial score (nSPS) is 10.3. The fourth-order valence-corrected chi connectivity index (χ4v) is 2.84. The van der Waals surface area contributed by atoms with Gasteiger partial charge in [0.05, 0.1) is 10.0 Å². The maximum absolute atomic E-state index is 12.0. The molecule has 0 atom stereocenters. The summed E-state index contributed by atoms with van der Waals surface area (Å²) >= 11 is 12.9. The zero-order chi connectivity index (χ0) is 19.2. The highest BCUT2D eigenvalue weighted by atomic mass is 35.5. The van der Waals surface area contributed by atoms with Crippen LogP contribution >= 0.6 is 34.7 Å². The topological polar surface area (TPSA) is 96.0 Å². The second-order valence-electron chi connectivity index (χ2n) is 5.38. The van der Waals surface area contributed by atoms with Crippen LogP contribution in [0.5, 0.6) is 0 Å². The summed E-state index contributed by atoms with van der Waals surface area (Å²) in [4.78, 5) is 23.9. The summed E-state index contributed by atoms with van der Waals surface area (Å²) in [6.07, 6.45) is 0. The van der Waals surface area contributed by atoms with Gasteiger partial charge in [0.2, 0.25) is 0 Å². The molecule has 0 saturated carbocycles. The Morgan fingerprint density at radius 3 is 2.33 bits per heavy atom. The van der Waals surface area contributed by atoms with E-state index in [1.165, 1.54) is 0 Å². The van der Waals surface area contributed by atoms with Gasteiger partial charge < -0.3 is 16.0 Å². The Labute approximate surface area is 168 Å². The first-order valence-electron chi connectivity index (χ1n) is 7.68. The number of hydrogen-bond donors (Lipinski definition) is 3. The van der Waals surface area contributed by atoms with Crippen molar-refractivity contribution in [3.63, 3.8) is 0 Å². The Kier molecular flexibility index (Phi) is 6.23. The Bertz CT molecular complexity index is 948. The summed E-state index contributed by atoms with van der Waals surface area (Å²) in [6, 6.07) is 11.5. The van der Waals surface area contributed by atoms with Crippen LogP contribution in [-0.2, 0) is 6.54 Å². The quantitative estimate of drug-likeness (QED) is 0.567. The lowest BCUT2D eigenvalue weighted by molar-refractivity contribution is 0.0946. The van der Waals surface area contributed by atoms with Crippen molar-refractivity contribution in [1.29, 1.82) is 0 Å². The molecule has 0 fully saturated rings. The maximum Gasteiger partial charge on any atom is 0.323 e. The highest BCUT2D eigenvalue weighted by Crippen LogP contribution is 2.25. The molecule has 10 heteroatoms. The smallest absolute Gasteiger partial charge is 0.323 e. The predicted molar refractivity (Wildman–Crippen MR) is 107 cm³/mol. The predicted octanol–water partition coefficient (Wildman–Crippen LogP) is 4.42. The Morgan fingerprint density at radius 1 is 0.963 bits per heavy atom. The second kappa shape index (κ2) is 8.81. The summed E-state index contributed by atoms with van der Waals surface area (Å²) in [6.45, 7) is 0.339. The first-order valence-corrected chi connectivity index (χ1v) is 9.28. The molecule has 3 N–H and O–H groups in total. The number of halogens is 2. The van der Waals surface area contributed by atoms with Crippen LogP contribution < -0.4 is 16.0 Å². The lowest BCUT2D eigenvalue weighted by Crippen LogP contribution is -2.23. The number of benzene rings is 2. The van der Waals surface area contributed by atoms with Crippen LogP contribution in [0.2, 0.25) is 10.0 Å². The van der Waals surface area contributed by atoms with Gasteiger partial charge in [-0.05, 0) is 47.4 Å². The number of aromatic nitrogens is 2. The lowest BCUT2D eigenvalue weighted by Gasteiger charge is -2.09. The largest absolute Gasteiger partial charge is 0.347 e. The fourth-order valence-electron chi connectivity index (χ4n) is 2.11. The zero-order valence-electron chi connectivity index (χ0n) is 13.7. The number of urea groups is 1. The van der Waals surface area contributed by atoms with Crippen LogP contribution in [-0.4, -0.2) is 21.5 Å². The Hall–Kier alpha value is -2.68. The molecule has 0 radical (unpaired) electrons. The van der Waals surface area contributed by atoms with Crippen molar-refractivity contribution >= 4 is 58.0 Å². The molecule has 0 aliphatic carbocycles. The molecule has 0 aliphatic rings. The molecule has 0 aliphatic heterocycles. The average molecular weight is 422 g/mol. The van der Waals surface area contributed by atoms with Crippen molar-refractivity contribution in [3.8, 4) is 0 Å². The van der Waals surface area contributed by atoms with Crippen molar-refractivity contribution in [2.45, 2.75) is 6.54 Å². The van der Waals surface area contributed by atoms with Gasteiger partial charge in [0, 0.05) is 23.3 Å². The van der Waals surface area contributed by atoms with E-state index in [-0.39, 0.29) is 11.6 Å². The lowest BCUT2D eigenvalue weighted by atomic mass is 10.2. The molecule has 0 saturated heterocycles. The van der Waals surface area contributed by atoms with Crippen molar-refractivity contribution in [2.24, 2.45) is 0 Å². The van der Waals surface area contributed by atoms with Crippen molar-refractivity contribution < 1.29 is 9.59 Å². The van der Waals surface area contributed by atoms with Crippen molar-refractivity contribution in [2.75, 3.05) is 10.6 Å². The summed E-state index contributed by atoms with van der Waals surface area (Å²) in [7, 11) is 0. The first-order chi connectivity index (χ1) is 13.0. The Morgan fingerprint density at radius 2 is 1.67 bits per heavy atom. The molecular weight excluding hydrogens is 409 g/mol. The number of anilines is 2. The van der Waals surface area contributed by atoms with E-state index in [1.54, 1.807) is 47.8 Å². The third-order valence-electron chi connectivity index (χ3n) is 3.44. The van der Waals surface area contributed by atoms with E-state index in [0.29, 0.717) is 28.0 Å². The van der Waals surface area contributed by atoms with E-state index in [2.05, 4.69) is 25.5 Å². The minimum Gasteiger partial charge on any atom is -0.347 e. The number of carbonyl (C=O) groups is 2. The second-order valence-corrected chi connectivity index (χ2v) is 6.80. The van der Waals surface area contributed by atoms with E-state index in [0.717, 1.165) is 17.1 Å². The molecule has 3 amide bonds. The molecular formula is C17H13Cl2N5O2S. The van der Waals surface area contributed by atoms with Crippen LogP contribution in [0.4, 0.5) is 16.2 Å². The molecule has 0 bridgehead atoms. The minimum absolute atomic E-state index is 0.285. The molecule has 138 valence electrons. The molecule has 7 nitrogen and oxygen atoms in total. The zero-order valence-corrected chi connectivity index (χ0v) is 16.0. The summed E-state index contributed by atoms with van der Waals surface area (Å²) in [5.41, 5.74) is 2.29. The summed E-state index contributed by atoms with van der Waals surface area (Å²) < 4.78 is 3.65. The van der Waals surface area contributed by atoms with Crippen LogP contribution in [0.15, 0.2) is 47.8 Å². The number of amides is 3. The van der Waals surface area contributed by atoms with E-state index < -0.39 is 6.03 Å². The van der Waals surface area contributed by atoms with Crippen molar-refractivity contribution in [1.82, 2.24) is 14.9 Å². The number of nitrogens with one attached hydrogen (secondary N) is 3. The Balaban J connectivity index is 1.51. The van der Waals surface area contributed by atoms with Gasteiger partial charge in [-0.15, -0.1) is 5.10 Å². The van der Waals surface area contributed by atoms with E-state index in [1.807, 2.05) is 0 Å². The van der Waals surface area contributed by atoms with Gasteiger partial charge in [0.15, 0.2) is 5.69 Å². The molecule has 27 heavy (non-hydrogen) atoms. The average Bonchev–Trinajstić information content (AvgIpc) is 3.19. The van der Waals surface area contributed by atoms with Gasteiger partial charge in [-0.2, -0.15) is 0 Å². The van der Waals surface area contributed by atoms with Gasteiger partial charge in [0.1, 0.15) is 0 Å². The van der Waals surface area contributed by atoms with Crippen LogP contribution in [0.1, 0.15) is 16.1 Å². The molecule has 3 aromatic rings. The van der Waals surface area contributed by atoms with Gasteiger partial charge in [-0.25, -0.2) is 4.79 Å². The van der Waals surface area contributed by atoms with Gasteiger partial charge in [0.25, 0.3) is 5.91 Å². The third-order valence-corrected chi connectivity index (χ3v) is 4.68. The van der Waals surface area contributed by atoms with Gasteiger partial charge in [-0.1, -0.05) is 39.8 Å². The van der Waals surface area contributed by atoms with Gasteiger partial charge >= 0.3 is 6.03 Å². The van der Waals surface area contributed by atoms with E-state index in [4.69, 9.17) is 23.2 Å². The highest BCUT2D eigenvalue weighted by molar-refractivity contribution is 7.03. The van der Waals surface area contributed by atoms with Gasteiger partial charge in [-0.3, -0.25) is 4.79 Å². The number of hydrogen-bond acceptors (Lipinski definition) is 5. The van der Waals surface area contributed by atoms with Crippen LogP contribution in [0.3, 0.4) is 0 Å². The van der Waals surface area contributed by atoms with E-state index >= 15 is 0 Å². The molecule has 0 spiro atoms. The number of carbonyl (C=O) groups excluding carboxylic acids is 2. The minimum atomic E-state index is -0.412. The van der Waals surface area contributed by atoms with E-state index in [9.17, 15) is 9.59 Å². The van der Waals surface area contributed by atoms with Crippen molar-refractivity contribution in [3.05, 3.63) is 69.1 Å². The first kappa shape index (κ1) is 19.1. The fraction of sp³-hybridized carbons (Fsp3) is 0.0588. The molecule has 0 unspecified atom stereocenters. The highest BCUT2D eigenvalue weighted by Gasteiger charge is 2.08. The monoisotopic (exact) mass is 421 g/mol. The standard InChI is InChI=1S/C17H13Cl2N5O2S/c18-13-6-5-12(7-14(13)19)22-17(26)21-11-3-1-10(2-4-11)8-20-16(25)15-9-27-24-23-15/h1-7,9H,8H2,(H,20,25)(H2,21,22,26). The third kappa shape index (κ3) is 5.40. The molecule has 1 heterocycles. The maximum atomic E-state index is 12.0.